The van der Waals surface area contributed by atoms with Crippen molar-refractivity contribution in [3.63, 3.8) is 0 Å². The van der Waals surface area contributed by atoms with Crippen LogP contribution in [0.4, 0.5) is 4.79 Å². The molecule has 0 aromatic rings. The first kappa shape index (κ1) is 23.0. The Labute approximate surface area is 162 Å². The second-order valence-electron chi connectivity index (χ2n) is 7.55. The van der Waals surface area contributed by atoms with Gasteiger partial charge in [-0.15, -0.1) is 6.42 Å². The van der Waals surface area contributed by atoms with E-state index in [-0.39, 0.29) is 19.1 Å². The lowest BCUT2D eigenvalue weighted by Crippen LogP contribution is -2.57. The quantitative estimate of drug-likeness (QED) is 0.519. The van der Waals surface area contributed by atoms with Gasteiger partial charge in [-0.1, -0.05) is 19.8 Å². The fourth-order valence-electron chi connectivity index (χ4n) is 2.77. The summed E-state index contributed by atoms with van der Waals surface area (Å²) in [6.07, 6.45) is 7.54. The number of rotatable bonds is 7. The monoisotopic (exact) mass is 380 g/mol. The Balaban J connectivity index is 2.98. The molecule has 1 aliphatic rings. The maximum absolute atomic E-state index is 12.3. The van der Waals surface area contributed by atoms with Gasteiger partial charge in [-0.3, -0.25) is 0 Å². The van der Waals surface area contributed by atoms with Gasteiger partial charge >= 0.3 is 12.1 Å². The summed E-state index contributed by atoms with van der Waals surface area (Å²) in [7, 11) is 0. The molecule has 0 saturated heterocycles. The predicted molar refractivity (Wildman–Crippen MR) is 103 cm³/mol. The van der Waals surface area contributed by atoms with E-state index in [1.54, 1.807) is 26.8 Å². The van der Waals surface area contributed by atoms with E-state index in [4.69, 9.17) is 26.4 Å². The van der Waals surface area contributed by atoms with E-state index in [1.165, 1.54) is 0 Å². The molecule has 1 amide bonds. The minimum absolute atomic E-state index is 0.000514. The molecule has 0 spiro atoms. The van der Waals surface area contributed by atoms with Crippen LogP contribution in [0.3, 0.4) is 0 Å². The van der Waals surface area contributed by atoms with Gasteiger partial charge in [0.05, 0.1) is 24.3 Å². The van der Waals surface area contributed by atoms with Crippen LogP contribution in [0.25, 0.3) is 0 Å². The average Bonchev–Trinajstić information content (AvgIpc) is 2.58. The second kappa shape index (κ2) is 10.3. The van der Waals surface area contributed by atoms with Gasteiger partial charge < -0.3 is 25.3 Å². The highest BCUT2D eigenvalue weighted by atomic mass is 16.6. The molecule has 3 N–H and O–H groups in total. The van der Waals surface area contributed by atoms with Crippen molar-refractivity contribution in [1.82, 2.24) is 5.32 Å². The van der Waals surface area contributed by atoms with Gasteiger partial charge in [-0.05, 0) is 39.7 Å². The molecule has 0 aromatic heterocycles. The Morgan fingerprint density at radius 1 is 1.37 bits per heavy atom. The number of amides is 1. The third-order valence-corrected chi connectivity index (χ3v) is 4.16. The van der Waals surface area contributed by atoms with Crippen molar-refractivity contribution in [2.45, 2.75) is 83.8 Å². The van der Waals surface area contributed by atoms with Crippen LogP contribution >= 0.6 is 0 Å². The first-order chi connectivity index (χ1) is 12.6. The van der Waals surface area contributed by atoms with Crippen LogP contribution in [0.15, 0.2) is 11.6 Å². The molecule has 1 rings (SSSR count). The molecule has 7 heteroatoms. The number of esters is 1. The zero-order chi connectivity index (χ0) is 20.6. The highest BCUT2D eigenvalue weighted by Gasteiger charge is 2.36. The molecular weight excluding hydrogens is 348 g/mol. The maximum atomic E-state index is 12.3. The molecule has 152 valence electrons. The summed E-state index contributed by atoms with van der Waals surface area (Å²) in [4.78, 5) is 24.4. The standard InChI is InChI=1S/C20H32N2O5/c1-7-10-25-18(23)13-11-15(22-19(24)27-20(4,5)6)17(21)16(12-13)26-14(8-2)9-3/h1,12,14-17H,8-11,21H2,2-6H3,(H,22,24)/t15-,16+,17+/m0/s1. The number of carbonyl (C=O) groups is 2. The van der Waals surface area contributed by atoms with E-state index in [2.05, 4.69) is 11.2 Å². The normalized spacial score (nSPS) is 22.6. The van der Waals surface area contributed by atoms with Gasteiger partial charge in [0, 0.05) is 12.0 Å². The third kappa shape index (κ3) is 7.61. The highest BCUT2D eigenvalue weighted by Crippen LogP contribution is 2.24. The Morgan fingerprint density at radius 2 is 2.00 bits per heavy atom. The Kier molecular flexibility index (Phi) is 8.80. The lowest BCUT2D eigenvalue weighted by atomic mass is 9.88. The number of alkyl carbamates (subject to hydrolysis) is 1. The first-order valence-corrected chi connectivity index (χ1v) is 9.33. The second-order valence-corrected chi connectivity index (χ2v) is 7.55. The summed E-state index contributed by atoms with van der Waals surface area (Å²) < 4.78 is 16.4. The molecule has 3 atom stereocenters. The van der Waals surface area contributed by atoms with Crippen LogP contribution < -0.4 is 11.1 Å². The number of hydrogen-bond donors (Lipinski definition) is 2. The van der Waals surface area contributed by atoms with Crippen molar-refractivity contribution in [1.29, 1.82) is 0 Å². The molecule has 0 bridgehead atoms. The number of hydrogen-bond acceptors (Lipinski definition) is 6. The van der Waals surface area contributed by atoms with Crippen LogP contribution in [0.1, 0.15) is 53.9 Å². The molecule has 7 nitrogen and oxygen atoms in total. The number of nitrogens with one attached hydrogen (secondary N) is 1. The SMILES string of the molecule is C#CCOC(=O)C1=C[C@@H](OC(CC)CC)[C@H](N)[C@@H](NC(=O)OC(C)(C)C)C1. The molecule has 0 aromatic carbocycles. The predicted octanol–water partition coefficient (Wildman–Crippen LogP) is 2.29. The van der Waals surface area contributed by atoms with Gasteiger partial charge in [0.25, 0.3) is 0 Å². The zero-order valence-electron chi connectivity index (χ0n) is 16.9. The Bertz CT molecular complexity index is 584. The summed E-state index contributed by atoms with van der Waals surface area (Å²) in [5, 5.41) is 2.75. The first-order valence-electron chi connectivity index (χ1n) is 9.33. The van der Waals surface area contributed by atoms with E-state index < -0.39 is 35.9 Å². The highest BCUT2D eigenvalue weighted by molar-refractivity contribution is 5.89. The fraction of sp³-hybridized carbons (Fsp3) is 0.700. The van der Waals surface area contributed by atoms with E-state index in [0.29, 0.717) is 5.57 Å². The molecule has 0 saturated carbocycles. The molecule has 27 heavy (non-hydrogen) atoms. The molecule has 0 radical (unpaired) electrons. The number of terminal acetylenes is 1. The lowest BCUT2D eigenvalue weighted by Gasteiger charge is -2.36. The van der Waals surface area contributed by atoms with Crippen molar-refractivity contribution < 1.29 is 23.8 Å². The van der Waals surface area contributed by atoms with E-state index in [9.17, 15) is 9.59 Å². The maximum Gasteiger partial charge on any atom is 0.407 e. The van der Waals surface area contributed by atoms with Crippen LogP contribution in [0, 0.1) is 12.3 Å². The topological polar surface area (TPSA) is 99.9 Å². The van der Waals surface area contributed by atoms with Crippen molar-refractivity contribution in [3.8, 4) is 12.3 Å². The molecule has 0 fully saturated rings. The fourth-order valence-corrected chi connectivity index (χ4v) is 2.77. The minimum Gasteiger partial charge on any atom is -0.449 e. The van der Waals surface area contributed by atoms with Gasteiger partial charge in [0.2, 0.25) is 0 Å². The van der Waals surface area contributed by atoms with E-state index in [1.807, 2.05) is 13.8 Å². The summed E-state index contributed by atoms with van der Waals surface area (Å²) in [6, 6.07) is -1.06. The molecule has 0 aliphatic heterocycles. The van der Waals surface area contributed by atoms with Crippen molar-refractivity contribution in [2.24, 2.45) is 5.73 Å². The zero-order valence-corrected chi connectivity index (χ0v) is 16.9. The van der Waals surface area contributed by atoms with Crippen LogP contribution in [0.5, 0.6) is 0 Å². The van der Waals surface area contributed by atoms with Crippen LogP contribution in [-0.4, -0.2) is 48.6 Å². The summed E-state index contributed by atoms with van der Waals surface area (Å²) in [5.41, 5.74) is 6.07. The Hall–Kier alpha value is -2.04. The van der Waals surface area contributed by atoms with Crippen molar-refractivity contribution in [3.05, 3.63) is 11.6 Å². The summed E-state index contributed by atoms with van der Waals surface area (Å²) >= 11 is 0. The van der Waals surface area contributed by atoms with E-state index in [0.717, 1.165) is 12.8 Å². The molecule has 0 heterocycles. The van der Waals surface area contributed by atoms with Gasteiger partial charge in [-0.25, -0.2) is 9.59 Å². The van der Waals surface area contributed by atoms with Crippen molar-refractivity contribution in [2.75, 3.05) is 6.61 Å². The number of ether oxygens (including phenoxy) is 3. The molecule has 0 unspecified atom stereocenters. The van der Waals surface area contributed by atoms with Gasteiger partial charge in [0.1, 0.15) is 5.60 Å². The third-order valence-electron chi connectivity index (χ3n) is 4.16. The van der Waals surface area contributed by atoms with Gasteiger partial charge in [-0.2, -0.15) is 0 Å². The van der Waals surface area contributed by atoms with Crippen molar-refractivity contribution >= 4 is 12.1 Å². The molecular formula is C20H32N2O5. The number of carbonyl (C=O) groups excluding carboxylic acids is 2. The van der Waals surface area contributed by atoms with Gasteiger partial charge in [0.15, 0.2) is 6.61 Å². The lowest BCUT2D eigenvalue weighted by molar-refractivity contribution is -0.138. The summed E-state index contributed by atoms with van der Waals surface area (Å²) in [6.45, 7) is 9.23. The smallest absolute Gasteiger partial charge is 0.407 e. The van der Waals surface area contributed by atoms with E-state index >= 15 is 0 Å². The Morgan fingerprint density at radius 3 is 2.52 bits per heavy atom. The van der Waals surface area contributed by atoms with Crippen LogP contribution in [0.2, 0.25) is 0 Å². The molecule has 1 aliphatic carbocycles. The van der Waals surface area contributed by atoms with Crippen LogP contribution in [-0.2, 0) is 19.0 Å². The minimum atomic E-state index is -0.640. The summed E-state index contributed by atoms with van der Waals surface area (Å²) in [5.74, 6) is 1.73. The largest absolute Gasteiger partial charge is 0.449 e. The average molecular weight is 380 g/mol. The number of nitrogens with two attached hydrogens (primary N) is 1.